The van der Waals surface area contributed by atoms with E-state index in [1.54, 1.807) is 30.5 Å². The van der Waals surface area contributed by atoms with E-state index in [9.17, 15) is 9.18 Å². The van der Waals surface area contributed by atoms with Crippen molar-refractivity contribution >= 4 is 5.91 Å². The zero-order valence-corrected chi connectivity index (χ0v) is 13.9. The summed E-state index contributed by atoms with van der Waals surface area (Å²) in [5, 5.41) is 6.00. The lowest BCUT2D eigenvalue weighted by Gasteiger charge is -2.29. The lowest BCUT2D eigenvalue weighted by molar-refractivity contribution is -0.129. The van der Waals surface area contributed by atoms with Crippen LogP contribution in [-0.2, 0) is 16.1 Å². The van der Waals surface area contributed by atoms with E-state index in [2.05, 4.69) is 15.6 Å². The SMILES string of the molecule is C[C@H]1OCCN[C@@H]1C(=O)NCc1cccnc1Oc1cccc(F)c1. The zero-order valence-electron chi connectivity index (χ0n) is 13.9. The number of nitrogens with one attached hydrogen (secondary N) is 2. The summed E-state index contributed by atoms with van der Waals surface area (Å²) in [7, 11) is 0. The number of hydrogen-bond donors (Lipinski definition) is 2. The van der Waals surface area contributed by atoms with Crippen LogP contribution in [0.25, 0.3) is 0 Å². The van der Waals surface area contributed by atoms with E-state index in [1.165, 1.54) is 12.1 Å². The first-order valence-corrected chi connectivity index (χ1v) is 8.13. The van der Waals surface area contributed by atoms with Crippen molar-refractivity contribution in [3.8, 4) is 11.6 Å². The van der Waals surface area contributed by atoms with Crippen molar-refractivity contribution < 1.29 is 18.7 Å². The molecule has 2 heterocycles. The van der Waals surface area contributed by atoms with Crippen molar-refractivity contribution in [3.63, 3.8) is 0 Å². The Kier molecular flexibility index (Phi) is 5.57. The Morgan fingerprint density at radius 2 is 2.32 bits per heavy atom. The molecule has 0 aliphatic carbocycles. The van der Waals surface area contributed by atoms with Crippen molar-refractivity contribution in [2.45, 2.75) is 25.6 Å². The van der Waals surface area contributed by atoms with Crippen LogP contribution in [0.2, 0.25) is 0 Å². The van der Waals surface area contributed by atoms with Crippen LogP contribution >= 0.6 is 0 Å². The van der Waals surface area contributed by atoms with Crippen LogP contribution in [0.1, 0.15) is 12.5 Å². The summed E-state index contributed by atoms with van der Waals surface area (Å²) in [6.07, 6.45) is 1.39. The second-order valence-electron chi connectivity index (χ2n) is 5.75. The van der Waals surface area contributed by atoms with Gasteiger partial charge in [-0.1, -0.05) is 12.1 Å². The molecule has 1 amide bonds. The molecule has 1 fully saturated rings. The highest BCUT2D eigenvalue weighted by Gasteiger charge is 2.28. The van der Waals surface area contributed by atoms with Gasteiger partial charge in [0.25, 0.3) is 0 Å². The smallest absolute Gasteiger partial charge is 0.240 e. The summed E-state index contributed by atoms with van der Waals surface area (Å²) in [5.41, 5.74) is 0.699. The monoisotopic (exact) mass is 345 g/mol. The number of benzene rings is 1. The van der Waals surface area contributed by atoms with Gasteiger partial charge in [-0.15, -0.1) is 0 Å². The van der Waals surface area contributed by atoms with Crippen LogP contribution in [0.5, 0.6) is 11.6 Å². The van der Waals surface area contributed by atoms with E-state index in [4.69, 9.17) is 9.47 Å². The molecule has 1 aromatic heterocycles. The van der Waals surface area contributed by atoms with Crippen LogP contribution in [0.3, 0.4) is 0 Å². The molecule has 2 aromatic rings. The highest BCUT2D eigenvalue weighted by atomic mass is 19.1. The topological polar surface area (TPSA) is 72.5 Å². The highest BCUT2D eigenvalue weighted by molar-refractivity contribution is 5.82. The Hall–Kier alpha value is -2.51. The van der Waals surface area contributed by atoms with Crippen molar-refractivity contribution in [2.75, 3.05) is 13.2 Å². The summed E-state index contributed by atoms with van der Waals surface area (Å²) in [6, 6.07) is 8.99. The van der Waals surface area contributed by atoms with Gasteiger partial charge < -0.3 is 20.1 Å². The minimum atomic E-state index is -0.391. The molecule has 3 rings (SSSR count). The van der Waals surface area contributed by atoms with Crippen LogP contribution in [0.4, 0.5) is 4.39 Å². The van der Waals surface area contributed by atoms with Gasteiger partial charge >= 0.3 is 0 Å². The highest BCUT2D eigenvalue weighted by Crippen LogP contribution is 2.23. The number of nitrogens with zero attached hydrogens (tertiary/aromatic N) is 1. The second kappa shape index (κ2) is 8.04. The molecule has 25 heavy (non-hydrogen) atoms. The number of pyridine rings is 1. The second-order valence-corrected chi connectivity index (χ2v) is 5.75. The molecule has 1 aliphatic heterocycles. The molecule has 7 heteroatoms. The fourth-order valence-corrected chi connectivity index (χ4v) is 2.61. The molecular formula is C18H20FN3O3. The number of carbonyl (C=O) groups excluding carboxylic acids is 1. The predicted octanol–water partition coefficient (Wildman–Crippen LogP) is 2.01. The predicted molar refractivity (Wildman–Crippen MR) is 89.8 cm³/mol. The van der Waals surface area contributed by atoms with Gasteiger partial charge in [0.2, 0.25) is 11.8 Å². The van der Waals surface area contributed by atoms with E-state index in [0.717, 1.165) is 0 Å². The van der Waals surface area contributed by atoms with Crippen LogP contribution < -0.4 is 15.4 Å². The Bertz CT molecular complexity index is 741. The number of morpholine rings is 1. The maximum Gasteiger partial charge on any atom is 0.240 e. The first-order chi connectivity index (χ1) is 12.1. The summed E-state index contributed by atoms with van der Waals surface area (Å²) < 4.78 is 24.4. The molecule has 6 nitrogen and oxygen atoms in total. The van der Waals surface area contributed by atoms with Crippen LogP contribution in [0, 0.1) is 5.82 Å². The number of rotatable bonds is 5. The maximum absolute atomic E-state index is 13.3. The van der Waals surface area contributed by atoms with E-state index >= 15 is 0 Å². The third kappa shape index (κ3) is 4.52. The quantitative estimate of drug-likeness (QED) is 0.867. The van der Waals surface area contributed by atoms with Gasteiger partial charge in [0.05, 0.1) is 12.7 Å². The van der Waals surface area contributed by atoms with Crippen molar-refractivity contribution in [3.05, 3.63) is 54.0 Å². The fraction of sp³-hybridized carbons (Fsp3) is 0.333. The van der Waals surface area contributed by atoms with Gasteiger partial charge in [-0.2, -0.15) is 0 Å². The van der Waals surface area contributed by atoms with Crippen molar-refractivity contribution in [1.82, 2.24) is 15.6 Å². The van der Waals surface area contributed by atoms with Gasteiger partial charge in [-0.25, -0.2) is 9.37 Å². The Labute approximate surface area is 145 Å². The lowest BCUT2D eigenvalue weighted by atomic mass is 10.1. The number of ether oxygens (including phenoxy) is 2. The van der Waals surface area contributed by atoms with Crippen molar-refractivity contribution in [1.29, 1.82) is 0 Å². The minimum absolute atomic E-state index is 0.146. The molecule has 0 spiro atoms. The Morgan fingerprint density at radius 1 is 1.44 bits per heavy atom. The molecule has 132 valence electrons. The minimum Gasteiger partial charge on any atom is -0.439 e. The Morgan fingerprint density at radius 3 is 3.12 bits per heavy atom. The molecule has 0 unspecified atom stereocenters. The molecule has 0 saturated carbocycles. The summed E-state index contributed by atoms with van der Waals surface area (Å²) >= 11 is 0. The van der Waals surface area contributed by atoms with Gasteiger partial charge in [-0.3, -0.25) is 4.79 Å². The van der Waals surface area contributed by atoms with Crippen LogP contribution in [-0.4, -0.2) is 36.2 Å². The lowest BCUT2D eigenvalue weighted by Crippen LogP contribution is -2.55. The van der Waals surface area contributed by atoms with Crippen molar-refractivity contribution in [2.24, 2.45) is 0 Å². The zero-order chi connectivity index (χ0) is 17.6. The Balaban J connectivity index is 1.65. The first-order valence-electron chi connectivity index (χ1n) is 8.13. The number of carbonyl (C=O) groups is 1. The summed E-state index contributed by atoms with van der Waals surface area (Å²) in [5.74, 6) is 0.143. The molecule has 1 aromatic carbocycles. The van der Waals surface area contributed by atoms with E-state index in [0.29, 0.717) is 30.3 Å². The third-order valence-electron chi connectivity index (χ3n) is 3.91. The fourth-order valence-electron chi connectivity index (χ4n) is 2.61. The molecule has 0 bridgehead atoms. The van der Waals surface area contributed by atoms with Gasteiger partial charge in [0, 0.05) is 30.9 Å². The number of halogens is 1. The van der Waals surface area contributed by atoms with E-state index in [1.807, 2.05) is 6.92 Å². The molecule has 1 aliphatic rings. The number of hydrogen-bond acceptors (Lipinski definition) is 5. The van der Waals surface area contributed by atoms with E-state index in [-0.39, 0.29) is 24.4 Å². The van der Waals surface area contributed by atoms with Gasteiger partial charge in [-0.05, 0) is 25.1 Å². The number of aromatic nitrogens is 1. The number of amides is 1. The molecule has 1 saturated heterocycles. The summed E-state index contributed by atoms with van der Waals surface area (Å²) in [4.78, 5) is 16.5. The maximum atomic E-state index is 13.3. The van der Waals surface area contributed by atoms with Gasteiger partial charge in [0.1, 0.15) is 17.6 Å². The molecule has 2 N–H and O–H groups in total. The average Bonchev–Trinajstić information content (AvgIpc) is 2.61. The normalized spacial score (nSPS) is 20.1. The molecule has 2 atom stereocenters. The third-order valence-corrected chi connectivity index (χ3v) is 3.91. The van der Waals surface area contributed by atoms with Gasteiger partial charge in [0.15, 0.2) is 0 Å². The largest absolute Gasteiger partial charge is 0.439 e. The molecular weight excluding hydrogens is 325 g/mol. The average molecular weight is 345 g/mol. The van der Waals surface area contributed by atoms with Crippen LogP contribution in [0.15, 0.2) is 42.6 Å². The standard InChI is InChI=1S/C18H20FN3O3/c1-12-16(20-8-9-24-12)17(23)22-11-13-4-3-7-21-18(13)25-15-6-2-5-14(19)10-15/h2-7,10,12,16,20H,8-9,11H2,1H3,(H,22,23)/t12-,16+/m1/s1. The summed E-state index contributed by atoms with van der Waals surface area (Å²) in [6.45, 7) is 3.35. The molecule has 0 radical (unpaired) electrons. The first kappa shape index (κ1) is 17.3. The van der Waals surface area contributed by atoms with E-state index < -0.39 is 6.04 Å².